The molecule has 3 aromatic carbocycles. The molecule has 0 spiro atoms. The van der Waals surface area contributed by atoms with Gasteiger partial charge in [0.2, 0.25) is 5.76 Å². The van der Waals surface area contributed by atoms with Gasteiger partial charge in [0.25, 0.3) is 5.91 Å². The van der Waals surface area contributed by atoms with E-state index in [-0.39, 0.29) is 17.1 Å². The summed E-state index contributed by atoms with van der Waals surface area (Å²) in [5, 5.41) is 0.806. The van der Waals surface area contributed by atoms with Crippen LogP contribution in [0.25, 0.3) is 11.0 Å². The highest BCUT2D eigenvalue weighted by molar-refractivity contribution is 9.10. The molecule has 1 unspecified atom stereocenters. The topological polar surface area (TPSA) is 50.5 Å². The van der Waals surface area contributed by atoms with Gasteiger partial charge in [-0.15, -0.1) is 0 Å². The van der Waals surface area contributed by atoms with E-state index in [1.807, 2.05) is 48.5 Å². The first-order valence-corrected chi connectivity index (χ1v) is 11.1. The van der Waals surface area contributed by atoms with Crippen molar-refractivity contribution in [2.45, 2.75) is 19.4 Å². The number of carbonyl (C=O) groups excluding carboxylic acids is 1. The third-order valence-electron chi connectivity index (χ3n) is 5.64. The molecule has 0 radical (unpaired) electrons. The molecule has 31 heavy (non-hydrogen) atoms. The van der Waals surface area contributed by atoms with Crippen LogP contribution in [0.2, 0.25) is 5.02 Å². The van der Waals surface area contributed by atoms with Gasteiger partial charge in [-0.25, -0.2) is 0 Å². The van der Waals surface area contributed by atoms with Crippen molar-refractivity contribution in [3.8, 4) is 0 Å². The molecule has 4 aromatic rings. The molecule has 1 aliphatic rings. The van der Waals surface area contributed by atoms with Crippen LogP contribution in [0.1, 0.15) is 40.2 Å². The molecule has 1 amide bonds. The number of hydrogen-bond acceptors (Lipinski definition) is 3. The van der Waals surface area contributed by atoms with E-state index < -0.39 is 6.04 Å². The van der Waals surface area contributed by atoms with Crippen LogP contribution in [0, 0.1) is 0 Å². The highest BCUT2D eigenvalue weighted by Crippen LogP contribution is 2.41. The fourth-order valence-electron chi connectivity index (χ4n) is 4.06. The monoisotopic (exact) mass is 493 g/mol. The zero-order chi connectivity index (χ0) is 21.7. The summed E-state index contributed by atoms with van der Waals surface area (Å²) in [7, 11) is 0. The van der Waals surface area contributed by atoms with Crippen LogP contribution in [0.5, 0.6) is 0 Å². The minimum atomic E-state index is -0.595. The molecule has 2 heterocycles. The molecule has 1 aromatic heterocycles. The van der Waals surface area contributed by atoms with Gasteiger partial charge in [-0.3, -0.25) is 14.5 Å². The summed E-state index contributed by atoms with van der Waals surface area (Å²) < 4.78 is 6.88. The Bertz CT molecular complexity index is 1380. The molecular weight excluding hydrogens is 478 g/mol. The Morgan fingerprint density at radius 3 is 2.39 bits per heavy atom. The molecule has 0 bridgehead atoms. The van der Waals surface area contributed by atoms with E-state index in [2.05, 4.69) is 22.9 Å². The van der Waals surface area contributed by atoms with Crippen molar-refractivity contribution in [2.24, 2.45) is 0 Å². The molecule has 4 nitrogen and oxygen atoms in total. The van der Waals surface area contributed by atoms with E-state index in [9.17, 15) is 9.59 Å². The molecule has 154 valence electrons. The van der Waals surface area contributed by atoms with Gasteiger partial charge >= 0.3 is 0 Å². The zero-order valence-electron chi connectivity index (χ0n) is 16.6. The van der Waals surface area contributed by atoms with Gasteiger partial charge in [0.15, 0.2) is 5.43 Å². The van der Waals surface area contributed by atoms with Crippen molar-refractivity contribution in [3.63, 3.8) is 0 Å². The molecule has 6 heteroatoms. The number of benzene rings is 3. The molecule has 0 saturated heterocycles. The van der Waals surface area contributed by atoms with E-state index in [0.29, 0.717) is 27.2 Å². The summed E-state index contributed by atoms with van der Waals surface area (Å²) in [4.78, 5) is 28.7. The maximum atomic E-state index is 13.5. The van der Waals surface area contributed by atoms with Gasteiger partial charge in [0.05, 0.1) is 17.0 Å². The van der Waals surface area contributed by atoms with Crippen molar-refractivity contribution < 1.29 is 9.21 Å². The summed E-state index contributed by atoms with van der Waals surface area (Å²) >= 11 is 9.58. The number of hydrogen-bond donors (Lipinski definition) is 0. The highest BCUT2D eigenvalue weighted by atomic mass is 79.9. The molecule has 0 saturated carbocycles. The highest BCUT2D eigenvalue weighted by Gasteiger charge is 2.43. The Labute approximate surface area is 192 Å². The Kier molecular flexibility index (Phi) is 4.95. The molecular formula is C25H17BrClNO3. The van der Waals surface area contributed by atoms with E-state index in [1.165, 1.54) is 5.56 Å². The normalized spacial score (nSPS) is 15.5. The smallest absolute Gasteiger partial charge is 0.295 e. The maximum Gasteiger partial charge on any atom is 0.295 e. The number of halogens is 2. The first-order chi connectivity index (χ1) is 15.0. The third-order valence-corrected chi connectivity index (χ3v) is 6.40. The second-order valence-electron chi connectivity index (χ2n) is 7.46. The van der Waals surface area contributed by atoms with Crippen molar-refractivity contribution in [2.75, 3.05) is 4.90 Å². The summed E-state index contributed by atoms with van der Waals surface area (Å²) in [5.74, 6) is -0.256. The minimum Gasteiger partial charge on any atom is -0.450 e. The average Bonchev–Trinajstić information content (AvgIpc) is 3.07. The number of aryl methyl sites for hydroxylation is 1. The first kappa shape index (κ1) is 20.0. The lowest BCUT2D eigenvalue weighted by Gasteiger charge is -2.25. The fourth-order valence-corrected chi connectivity index (χ4v) is 4.50. The van der Waals surface area contributed by atoms with Gasteiger partial charge in [0, 0.05) is 15.2 Å². The lowest BCUT2D eigenvalue weighted by molar-refractivity contribution is 0.0971. The van der Waals surface area contributed by atoms with E-state index in [1.54, 1.807) is 23.1 Å². The second-order valence-corrected chi connectivity index (χ2v) is 8.82. The Morgan fingerprint density at radius 2 is 1.71 bits per heavy atom. The van der Waals surface area contributed by atoms with Gasteiger partial charge in [-0.2, -0.15) is 0 Å². The van der Waals surface area contributed by atoms with Crippen LogP contribution in [0.4, 0.5) is 5.69 Å². The van der Waals surface area contributed by atoms with Gasteiger partial charge in [-0.05, 0) is 60.0 Å². The van der Waals surface area contributed by atoms with Crippen LogP contribution < -0.4 is 10.3 Å². The number of anilines is 1. The fraction of sp³-hybridized carbons (Fsp3) is 0.120. The first-order valence-electron chi connectivity index (χ1n) is 9.92. The Morgan fingerprint density at radius 1 is 1.00 bits per heavy atom. The van der Waals surface area contributed by atoms with Crippen molar-refractivity contribution in [1.29, 1.82) is 0 Å². The minimum absolute atomic E-state index is 0.0762. The molecule has 0 aliphatic carbocycles. The SMILES string of the molecule is CCc1ccc(N2C(=O)c3oc4ccc(Cl)cc4c(=O)c3C2c2ccc(Br)cc2)cc1. The quantitative estimate of drug-likeness (QED) is 0.326. The standard InChI is InChI=1S/C25H17BrClNO3/c1-2-14-3-10-18(11-4-14)28-22(15-5-7-16(26)8-6-15)21-23(29)19-13-17(27)9-12-20(19)31-24(21)25(28)30/h3-13,22H,2H2,1H3. The van der Waals surface area contributed by atoms with Crippen LogP contribution in [-0.4, -0.2) is 5.91 Å². The summed E-state index contributed by atoms with van der Waals surface area (Å²) in [6, 6.07) is 19.7. The molecule has 5 rings (SSSR count). The molecule has 1 atom stereocenters. The number of carbonyl (C=O) groups is 1. The number of fused-ring (bicyclic) bond motifs is 2. The van der Waals surface area contributed by atoms with Crippen molar-refractivity contribution >= 4 is 50.1 Å². The molecule has 0 N–H and O–H groups in total. The van der Waals surface area contributed by atoms with Crippen molar-refractivity contribution in [1.82, 2.24) is 0 Å². The number of nitrogens with zero attached hydrogens (tertiary/aromatic N) is 1. The van der Waals surface area contributed by atoms with Crippen LogP contribution in [0.3, 0.4) is 0 Å². The maximum absolute atomic E-state index is 13.5. The van der Waals surface area contributed by atoms with Crippen LogP contribution >= 0.6 is 27.5 Å². The third kappa shape index (κ3) is 3.29. The number of amides is 1. The van der Waals surface area contributed by atoms with E-state index in [0.717, 1.165) is 16.5 Å². The Balaban J connectivity index is 1.78. The largest absolute Gasteiger partial charge is 0.450 e. The lowest BCUT2D eigenvalue weighted by atomic mass is 9.98. The van der Waals surface area contributed by atoms with Gasteiger partial charge in [0.1, 0.15) is 5.58 Å². The van der Waals surface area contributed by atoms with Gasteiger partial charge < -0.3 is 4.42 Å². The van der Waals surface area contributed by atoms with E-state index >= 15 is 0 Å². The van der Waals surface area contributed by atoms with Gasteiger partial charge in [-0.1, -0.05) is 58.7 Å². The van der Waals surface area contributed by atoms with Crippen LogP contribution in [0.15, 0.2) is 80.4 Å². The van der Waals surface area contributed by atoms with E-state index in [4.69, 9.17) is 16.0 Å². The Hall–Kier alpha value is -2.89. The predicted octanol–water partition coefficient (Wildman–Crippen LogP) is 6.52. The summed E-state index contributed by atoms with van der Waals surface area (Å²) in [6.45, 7) is 2.08. The molecule has 1 aliphatic heterocycles. The van der Waals surface area contributed by atoms with Crippen LogP contribution in [-0.2, 0) is 6.42 Å². The lowest BCUT2D eigenvalue weighted by Crippen LogP contribution is -2.29. The number of rotatable bonds is 3. The summed E-state index contributed by atoms with van der Waals surface area (Å²) in [5.41, 5.74) is 3.14. The predicted molar refractivity (Wildman–Crippen MR) is 126 cm³/mol. The average molecular weight is 495 g/mol. The zero-order valence-corrected chi connectivity index (χ0v) is 18.9. The summed E-state index contributed by atoms with van der Waals surface area (Å²) in [6.07, 6.45) is 0.900. The molecule has 0 fully saturated rings. The second kappa shape index (κ2) is 7.66. The van der Waals surface area contributed by atoms with Crippen molar-refractivity contribution in [3.05, 3.63) is 109 Å².